The molecular formula is C20H22N6O2. The summed E-state index contributed by atoms with van der Waals surface area (Å²) in [4.78, 5) is 17.5. The second-order valence-electron chi connectivity index (χ2n) is 7.40. The van der Waals surface area contributed by atoms with Crippen molar-refractivity contribution in [2.75, 3.05) is 0 Å². The number of nitrogens with one attached hydrogen (secondary N) is 1. The monoisotopic (exact) mass is 378 g/mol. The predicted molar refractivity (Wildman–Crippen MR) is 104 cm³/mol. The number of carbonyl (C=O) groups is 1. The minimum atomic E-state index is -0.284. The first-order valence-electron chi connectivity index (χ1n) is 9.28. The summed E-state index contributed by atoms with van der Waals surface area (Å²) in [6.07, 6.45) is 2.64. The lowest BCUT2D eigenvalue weighted by atomic mass is 10.0. The number of carbonyl (C=O) groups excluding carboxylic acids is 1. The van der Waals surface area contributed by atoms with Gasteiger partial charge in [-0.05, 0) is 44.4 Å². The lowest BCUT2D eigenvalue weighted by Crippen LogP contribution is -2.31. The topological polar surface area (TPSA) is 98.2 Å². The van der Waals surface area contributed by atoms with Crippen LogP contribution in [0.3, 0.4) is 0 Å². The Morgan fingerprint density at radius 2 is 2.07 bits per heavy atom. The van der Waals surface area contributed by atoms with E-state index in [1.165, 1.54) is 0 Å². The second-order valence-corrected chi connectivity index (χ2v) is 7.40. The van der Waals surface area contributed by atoms with Crippen molar-refractivity contribution in [1.82, 2.24) is 30.1 Å². The average Bonchev–Trinajstić information content (AvgIpc) is 3.24. The molecule has 1 amide bonds. The van der Waals surface area contributed by atoms with Crippen molar-refractivity contribution in [3.63, 3.8) is 0 Å². The summed E-state index contributed by atoms with van der Waals surface area (Å²) < 4.78 is 7.16. The van der Waals surface area contributed by atoms with E-state index in [0.717, 1.165) is 12.1 Å². The Bertz CT molecular complexity index is 1160. The zero-order valence-corrected chi connectivity index (χ0v) is 16.3. The van der Waals surface area contributed by atoms with Crippen LogP contribution in [0.2, 0.25) is 0 Å². The highest BCUT2D eigenvalue weighted by Crippen LogP contribution is 2.25. The highest BCUT2D eigenvalue weighted by atomic mass is 16.5. The molecule has 0 aliphatic heterocycles. The van der Waals surface area contributed by atoms with Gasteiger partial charge in [-0.2, -0.15) is 0 Å². The Labute approximate surface area is 162 Å². The van der Waals surface area contributed by atoms with Crippen molar-refractivity contribution in [1.29, 1.82) is 0 Å². The van der Waals surface area contributed by atoms with E-state index in [1.54, 1.807) is 13.0 Å². The minimum Gasteiger partial charge on any atom is -0.342 e. The molecule has 4 aromatic rings. The molecule has 0 fully saturated rings. The van der Waals surface area contributed by atoms with Crippen LogP contribution in [0, 0.1) is 19.8 Å². The first-order chi connectivity index (χ1) is 13.4. The number of aromatic nitrogens is 5. The molecule has 144 valence electrons. The van der Waals surface area contributed by atoms with Gasteiger partial charge >= 0.3 is 0 Å². The summed E-state index contributed by atoms with van der Waals surface area (Å²) in [6, 6.07) is 7.20. The van der Waals surface area contributed by atoms with Crippen molar-refractivity contribution < 1.29 is 9.32 Å². The highest BCUT2D eigenvalue weighted by Gasteiger charge is 2.24. The molecule has 0 aromatic carbocycles. The minimum absolute atomic E-state index is 0.208. The predicted octanol–water partition coefficient (Wildman–Crippen LogP) is 3.40. The van der Waals surface area contributed by atoms with Crippen LogP contribution in [0.25, 0.3) is 16.7 Å². The SMILES string of the molecule is Cc1cc(C(=O)N[C@@H](CC(C)C)c2nnc3ccccn23)c2c(C)noc2n1. The third-order valence-electron chi connectivity index (χ3n) is 4.65. The zero-order chi connectivity index (χ0) is 19.8. The number of aryl methyl sites for hydroxylation is 2. The van der Waals surface area contributed by atoms with Crippen LogP contribution in [-0.2, 0) is 0 Å². The molecule has 0 aliphatic carbocycles. The Morgan fingerprint density at radius 1 is 1.25 bits per heavy atom. The van der Waals surface area contributed by atoms with E-state index in [9.17, 15) is 4.79 Å². The van der Waals surface area contributed by atoms with E-state index in [4.69, 9.17) is 4.52 Å². The highest BCUT2D eigenvalue weighted by molar-refractivity contribution is 6.06. The second kappa shape index (κ2) is 7.03. The van der Waals surface area contributed by atoms with Gasteiger partial charge in [0.05, 0.1) is 22.7 Å². The van der Waals surface area contributed by atoms with Crippen molar-refractivity contribution in [2.45, 2.75) is 40.2 Å². The Morgan fingerprint density at radius 3 is 2.86 bits per heavy atom. The summed E-state index contributed by atoms with van der Waals surface area (Å²) >= 11 is 0. The smallest absolute Gasteiger partial charge is 0.258 e. The summed E-state index contributed by atoms with van der Waals surface area (Å²) in [7, 11) is 0. The van der Waals surface area contributed by atoms with E-state index in [0.29, 0.717) is 39.8 Å². The summed E-state index contributed by atoms with van der Waals surface area (Å²) in [5, 5.41) is 16.3. The molecular weight excluding hydrogens is 356 g/mol. The van der Waals surface area contributed by atoms with Crippen LogP contribution in [0.1, 0.15) is 53.9 Å². The maximum Gasteiger partial charge on any atom is 0.258 e. The lowest BCUT2D eigenvalue weighted by Gasteiger charge is -2.19. The van der Waals surface area contributed by atoms with Crippen LogP contribution in [0.4, 0.5) is 0 Å². The first kappa shape index (κ1) is 18.1. The Balaban J connectivity index is 1.74. The van der Waals surface area contributed by atoms with Crippen LogP contribution >= 0.6 is 0 Å². The van der Waals surface area contributed by atoms with Gasteiger partial charge < -0.3 is 9.84 Å². The number of hydrogen-bond acceptors (Lipinski definition) is 6. The average molecular weight is 378 g/mol. The molecule has 4 rings (SSSR count). The third kappa shape index (κ3) is 3.21. The van der Waals surface area contributed by atoms with Gasteiger partial charge in [0.1, 0.15) is 0 Å². The van der Waals surface area contributed by atoms with Gasteiger partial charge in [0.15, 0.2) is 11.5 Å². The van der Waals surface area contributed by atoms with E-state index in [1.807, 2.05) is 35.7 Å². The van der Waals surface area contributed by atoms with Gasteiger partial charge in [0.25, 0.3) is 11.6 Å². The number of hydrogen-bond donors (Lipinski definition) is 1. The third-order valence-corrected chi connectivity index (χ3v) is 4.65. The molecule has 0 unspecified atom stereocenters. The molecule has 0 saturated carbocycles. The molecule has 1 atom stereocenters. The van der Waals surface area contributed by atoms with Crippen LogP contribution in [0.15, 0.2) is 35.0 Å². The largest absolute Gasteiger partial charge is 0.342 e. The van der Waals surface area contributed by atoms with Crippen molar-refractivity contribution in [3.8, 4) is 0 Å². The maximum atomic E-state index is 13.2. The van der Waals surface area contributed by atoms with Crippen molar-refractivity contribution in [3.05, 3.63) is 53.2 Å². The fourth-order valence-electron chi connectivity index (χ4n) is 3.43. The van der Waals surface area contributed by atoms with Gasteiger partial charge in [0, 0.05) is 11.9 Å². The number of pyridine rings is 2. The molecule has 0 spiro atoms. The fourth-order valence-corrected chi connectivity index (χ4v) is 3.43. The van der Waals surface area contributed by atoms with Crippen molar-refractivity contribution in [2.24, 2.45) is 5.92 Å². The Hall–Kier alpha value is -3.29. The standard InChI is InChI=1S/C20H22N6O2/c1-11(2)9-15(18-24-23-16-7-5-6-8-26(16)18)22-19(27)14-10-12(3)21-20-17(14)13(4)25-28-20/h5-8,10-11,15H,9H2,1-4H3,(H,22,27)/t15-/m0/s1. The quantitative estimate of drug-likeness (QED) is 0.571. The van der Waals surface area contributed by atoms with E-state index in [-0.39, 0.29) is 11.9 Å². The summed E-state index contributed by atoms with van der Waals surface area (Å²) in [5.74, 6) is 0.861. The molecule has 4 heterocycles. The van der Waals surface area contributed by atoms with Gasteiger partial charge in [-0.25, -0.2) is 4.98 Å². The molecule has 8 nitrogen and oxygen atoms in total. The van der Waals surface area contributed by atoms with E-state index in [2.05, 4.69) is 39.5 Å². The Kier molecular flexibility index (Phi) is 4.54. The molecule has 1 N–H and O–H groups in total. The molecule has 0 bridgehead atoms. The molecule has 0 aliphatic rings. The van der Waals surface area contributed by atoms with Gasteiger partial charge in [0.2, 0.25) is 0 Å². The fraction of sp³-hybridized carbons (Fsp3) is 0.350. The molecule has 4 aromatic heterocycles. The maximum absolute atomic E-state index is 13.2. The number of nitrogens with zero attached hydrogens (tertiary/aromatic N) is 5. The van der Waals surface area contributed by atoms with Crippen LogP contribution in [-0.4, -0.2) is 30.6 Å². The molecule has 28 heavy (non-hydrogen) atoms. The molecule has 0 saturated heterocycles. The first-order valence-corrected chi connectivity index (χ1v) is 9.28. The lowest BCUT2D eigenvalue weighted by molar-refractivity contribution is 0.0931. The summed E-state index contributed by atoms with van der Waals surface area (Å²) in [5.41, 5.74) is 2.96. The van der Waals surface area contributed by atoms with Gasteiger partial charge in [-0.15, -0.1) is 10.2 Å². The van der Waals surface area contributed by atoms with Crippen LogP contribution in [0.5, 0.6) is 0 Å². The number of fused-ring (bicyclic) bond motifs is 2. The molecule has 8 heteroatoms. The number of amides is 1. The van der Waals surface area contributed by atoms with E-state index >= 15 is 0 Å². The normalized spacial score (nSPS) is 12.8. The summed E-state index contributed by atoms with van der Waals surface area (Å²) in [6.45, 7) is 7.85. The van der Waals surface area contributed by atoms with Gasteiger partial charge in [-0.1, -0.05) is 25.1 Å². The van der Waals surface area contributed by atoms with Crippen LogP contribution < -0.4 is 5.32 Å². The molecule has 0 radical (unpaired) electrons. The zero-order valence-electron chi connectivity index (χ0n) is 16.3. The number of rotatable bonds is 5. The van der Waals surface area contributed by atoms with Crippen molar-refractivity contribution >= 4 is 22.7 Å². The van der Waals surface area contributed by atoms with Gasteiger partial charge in [-0.3, -0.25) is 9.20 Å². The van der Waals surface area contributed by atoms with E-state index < -0.39 is 0 Å².